The molecule has 5 heteroatoms. The van der Waals surface area contributed by atoms with Crippen molar-refractivity contribution in [2.45, 2.75) is 33.4 Å². The zero-order chi connectivity index (χ0) is 24.6. The number of benzene rings is 3. The molecule has 2 amide bonds. The smallest absolute Gasteiger partial charge is 0.258 e. The van der Waals surface area contributed by atoms with E-state index in [2.05, 4.69) is 22.4 Å². The van der Waals surface area contributed by atoms with Gasteiger partial charge in [-0.25, -0.2) is 0 Å². The number of aryl methyl sites for hydroxylation is 2. The van der Waals surface area contributed by atoms with E-state index in [-0.39, 0.29) is 18.2 Å². The van der Waals surface area contributed by atoms with E-state index < -0.39 is 0 Å². The second-order valence-corrected chi connectivity index (χ2v) is 8.68. The Morgan fingerprint density at radius 1 is 0.829 bits per heavy atom. The standard InChI is InChI=1S/C30H29N3O2/c1-22-12-14-24(15-13-22)21-33(30(35)28-11-4-3-7-23(28)2)27-10-5-8-25(17-27)18-29(34)32-20-26-9-6-16-31-19-26/h3-17,19H,18,20-21H2,1-2H3,(H,32,34). The molecule has 1 N–H and O–H groups in total. The average Bonchev–Trinajstić information content (AvgIpc) is 2.88. The fraction of sp³-hybridized carbons (Fsp3) is 0.167. The number of anilines is 1. The minimum atomic E-state index is -0.0821. The van der Waals surface area contributed by atoms with Gasteiger partial charge in [-0.15, -0.1) is 0 Å². The summed E-state index contributed by atoms with van der Waals surface area (Å²) < 4.78 is 0. The highest BCUT2D eigenvalue weighted by atomic mass is 16.2. The largest absolute Gasteiger partial charge is 0.352 e. The molecule has 0 aliphatic rings. The van der Waals surface area contributed by atoms with Gasteiger partial charge in [0.25, 0.3) is 5.91 Å². The predicted octanol–water partition coefficient (Wildman–Crippen LogP) is 5.40. The minimum Gasteiger partial charge on any atom is -0.352 e. The molecule has 35 heavy (non-hydrogen) atoms. The van der Waals surface area contributed by atoms with Crippen LogP contribution in [-0.4, -0.2) is 16.8 Å². The number of aromatic nitrogens is 1. The first kappa shape index (κ1) is 23.9. The van der Waals surface area contributed by atoms with Crippen LogP contribution >= 0.6 is 0 Å². The first-order valence-corrected chi connectivity index (χ1v) is 11.7. The number of nitrogens with zero attached hydrogens (tertiary/aromatic N) is 2. The molecule has 0 saturated heterocycles. The highest BCUT2D eigenvalue weighted by Crippen LogP contribution is 2.23. The van der Waals surface area contributed by atoms with Gasteiger partial charge in [-0.2, -0.15) is 0 Å². The molecular weight excluding hydrogens is 434 g/mol. The van der Waals surface area contributed by atoms with E-state index in [1.807, 2.05) is 86.6 Å². The quantitative estimate of drug-likeness (QED) is 0.380. The molecular formula is C30H29N3O2. The van der Waals surface area contributed by atoms with Crippen molar-refractivity contribution >= 4 is 17.5 Å². The minimum absolute atomic E-state index is 0.0677. The third kappa shape index (κ3) is 6.42. The Hall–Kier alpha value is -4.25. The molecule has 176 valence electrons. The lowest BCUT2D eigenvalue weighted by Crippen LogP contribution is -2.31. The van der Waals surface area contributed by atoms with Gasteiger partial charge in [0.1, 0.15) is 0 Å². The van der Waals surface area contributed by atoms with E-state index in [0.717, 1.165) is 27.9 Å². The molecule has 1 heterocycles. The van der Waals surface area contributed by atoms with Crippen molar-refractivity contribution in [1.29, 1.82) is 0 Å². The Morgan fingerprint density at radius 3 is 2.34 bits per heavy atom. The molecule has 0 aliphatic heterocycles. The summed E-state index contributed by atoms with van der Waals surface area (Å²) >= 11 is 0. The molecule has 0 unspecified atom stereocenters. The maximum Gasteiger partial charge on any atom is 0.258 e. The topological polar surface area (TPSA) is 62.3 Å². The van der Waals surface area contributed by atoms with Crippen LogP contribution in [0.3, 0.4) is 0 Å². The molecule has 4 rings (SSSR count). The lowest BCUT2D eigenvalue weighted by atomic mass is 10.0. The lowest BCUT2D eigenvalue weighted by Gasteiger charge is -2.24. The van der Waals surface area contributed by atoms with Gasteiger partial charge in [0.05, 0.1) is 13.0 Å². The van der Waals surface area contributed by atoms with Gasteiger partial charge in [-0.05, 0) is 60.4 Å². The van der Waals surface area contributed by atoms with Crippen molar-refractivity contribution in [2.24, 2.45) is 0 Å². The van der Waals surface area contributed by atoms with Crippen molar-refractivity contribution in [3.05, 3.63) is 131 Å². The molecule has 0 fully saturated rings. The molecule has 0 spiro atoms. The van der Waals surface area contributed by atoms with Gasteiger partial charge >= 0.3 is 0 Å². The van der Waals surface area contributed by atoms with Gasteiger partial charge in [0.15, 0.2) is 0 Å². The number of carbonyl (C=O) groups is 2. The number of hydrogen-bond acceptors (Lipinski definition) is 3. The molecule has 3 aromatic carbocycles. The van der Waals surface area contributed by atoms with Crippen molar-refractivity contribution in [3.63, 3.8) is 0 Å². The van der Waals surface area contributed by atoms with Gasteiger partial charge in [-0.1, -0.05) is 66.2 Å². The van der Waals surface area contributed by atoms with E-state index in [1.165, 1.54) is 5.56 Å². The van der Waals surface area contributed by atoms with Gasteiger partial charge < -0.3 is 10.2 Å². The van der Waals surface area contributed by atoms with Crippen LogP contribution < -0.4 is 10.2 Å². The first-order valence-electron chi connectivity index (χ1n) is 11.7. The molecule has 1 aromatic heterocycles. The number of nitrogens with one attached hydrogen (secondary N) is 1. The van der Waals surface area contributed by atoms with E-state index in [4.69, 9.17) is 0 Å². The van der Waals surface area contributed by atoms with Crippen LogP contribution in [0.2, 0.25) is 0 Å². The fourth-order valence-electron chi connectivity index (χ4n) is 3.90. The van der Waals surface area contributed by atoms with Gasteiger partial charge in [0.2, 0.25) is 5.91 Å². The number of pyridine rings is 1. The van der Waals surface area contributed by atoms with Crippen LogP contribution in [0.25, 0.3) is 0 Å². The summed E-state index contributed by atoms with van der Waals surface area (Å²) in [6.07, 6.45) is 3.67. The Morgan fingerprint density at radius 2 is 1.60 bits per heavy atom. The van der Waals surface area contributed by atoms with Crippen LogP contribution in [0.15, 0.2) is 97.3 Å². The summed E-state index contributed by atoms with van der Waals surface area (Å²) in [5, 5.41) is 2.94. The summed E-state index contributed by atoms with van der Waals surface area (Å²) in [5.74, 6) is -0.150. The summed E-state index contributed by atoms with van der Waals surface area (Å²) in [7, 11) is 0. The summed E-state index contributed by atoms with van der Waals surface area (Å²) in [5.41, 5.74) is 6.36. The highest BCUT2D eigenvalue weighted by molar-refractivity contribution is 6.07. The third-order valence-electron chi connectivity index (χ3n) is 5.88. The van der Waals surface area contributed by atoms with Crippen LogP contribution in [-0.2, 0) is 24.3 Å². The van der Waals surface area contributed by atoms with Crippen molar-refractivity contribution < 1.29 is 9.59 Å². The molecule has 0 atom stereocenters. The molecule has 0 aliphatic carbocycles. The van der Waals surface area contributed by atoms with Gasteiger partial charge in [0, 0.05) is 30.2 Å². The summed E-state index contributed by atoms with van der Waals surface area (Å²) in [6, 6.07) is 27.2. The summed E-state index contributed by atoms with van der Waals surface area (Å²) in [6.45, 7) is 4.85. The van der Waals surface area contributed by atoms with Gasteiger partial charge in [-0.3, -0.25) is 14.6 Å². The third-order valence-corrected chi connectivity index (χ3v) is 5.88. The molecule has 0 radical (unpaired) electrons. The SMILES string of the molecule is Cc1ccc(CN(C(=O)c2ccccc2C)c2cccc(CC(=O)NCc3cccnc3)c2)cc1. The fourth-order valence-corrected chi connectivity index (χ4v) is 3.90. The Labute approximate surface area is 206 Å². The molecule has 4 aromatic rings. The number of carbonyl (C=O) groups excluding carboxylic acids is 2. The second-order valence-electron chi connectivity index (χ2n) is 8.68. The first-order chi connectivity index (χ1) is 17.0. The second kappa shape index (κ2) is 11.3. The summed E-state index contributed by atoms with van der Waals surface area (Å²) in [4.78, 5) is 32.1. The number of rotatable bonds is 8. The van der Waals surface area contributed by atoms with E-state index >= 15 is 0 Å². The molecule has 5 nitrogen and oxygen atoms in total. The van der Waals surface area contributed by atoms with E-state index in [0.29, 0.717) is 18.7 Å². The number of amides is 2. The van der Waals surface area contributed by atoms with E-state index in [9.17, 15) is 9.59 Å². The van der Waals surface area contributed by atoms with Crippen molar-refractivity contribution in [3.8, 4) is 0 Å². The van der Waals surface area contributed by atoms with Crippen molar-refractivity contribution in [1.82, 2.24) is 10.3 Å². The van der Waals surface area contributed by atoms with Crippen LogP contribution in [0, 0.1) is 13.8 Å². The maximum absolute atomic E-state index is 13.7. The van der Waals surface area contributed by atoms with Crippen LogP contribution in [0.5, 0.6) is 0 Å². The molecule has 0 saturated carbocycles. The highest BCUT2D eigenvalue weighted by Gasteiger charge is 2.20. The van der Waals surface area contributed by atoms with Crippen LogP contribution in [0.1, 0.15) is 38.2 Å². The lowest BCUT2D eigenvalue weighted by molar-refractivity contribution is -0.120. The normalized spacial score (nSPS) is 10.6. The average molecular weight is 464 g/mol. The van der Waals surface area contributed by atoms with Crippen LogP contribution in [0.4, 0.5) is 5.69 Å². The molecule has 0 bridgehead atoms. The Kier molecular flexibility index (Phi) is 7.68. The Bertz CT molecular complexity index is 1300. The Balaban J connectivity index is 1.56. The zero-order valence-electron chi connectivity index (χ0n) is 20.1. The van der Waals surface area contributed by atoms with Crippen molar-refractivity contribution in [2.75, 3.05) is 4.90 Å². The van der Waals surface area contributed by atoms with E-state index in [1.54, 1.807) is 17.3 Å². The zero-order valence-corrected chi connectivity index (χ0v) is 20.1. The number of hydrogen-bond donors (Lipinski definition) is 1. The predicted molar refractivity (Wildman–Crippen MR) is 139 cm³/mol. The monoisotopic (exact) mass is 463 g/mol. The maximum atomic E-state index is 13.7.